The van der Waals surface area contributed by atoms with Crippen LogP contribution in [0.15, 0.2) is 65.9 Å². The Labute approximate surface area is 214 Å². The fraction of sp³-hybridized carbons (Fsp3) is 0.231. The van der Waals surface area contributed by atoms with Gasteiger partial charge in [0, 0.05) is 47.7 Å². The molecule has 1 spiro atoms. The molecular formula is C26H21F3N4O5. The van der Waals surface area contributed by atoms with Crippen molar-refractivity contribution in [3.63, 3.8) is 0 Å². The van der Waals surface area contributed by atoms with Crippen LogP contribution in [0.25, 0.3) is 11.1 Å². The summed E-state index contributed by atoms with van der Waals surface area (Å²) in [6.45, 7) is 0.991. The highest BCUT2D eigenvalue weighted by molar-refractivity contribution is 5.95. The van der Waals surface area contributed by atoms with E-state index in [1.165, 1.54) is 0 Å². The monoisotopic (exact) mass is 526 g/mol. The highest BCUT2D eigenvalue weighted by Gasteiger charge is 2.47. The summed E-state index contributed by atoms with van der Waals surface area (Å²) in [5, 5.41) is 7.12. The molecule has 0 saturated carbocycles. The molecule has 3 aliphatic heterocycles. The van der Waals surface area contributed by atoms with Crippen molar-refractivity contribution >= 4 is 23.6 Å². The number of benzene rings is 2. The zero-order valence-corrected chi connectivity index (χ0v) is 19.7. The minimum absolute atomic E-state index is 0.135. The fourth-order valence-electron chi connectivity index (χ4n) is 4.65. The molecule has 6 rings (SSSR count). The van der Waals surface area contributed by atoms with Crippen LogP contribution < -0.4 is 15.4 Å². The van der Waals surface area contributed by atoms with Crippen molar-refractivity contribution < 1.29 is 37.3 Å². The molecule has 4 heterocycles. The molecule has 0 unspecified atom stereocenters. The van der Waals surface area contributed by atoms with E-state index in [9.17, 15) is 18.0 Å². The van der Waals surface area contributed by atoms with E-state index >= 15 is 0 Å². The van der Waals surface area contributed by atoms with Crippen LogP contribution >= 0.6 is 0 Å². The normalized spacial score (nSPS) is 19.5. The molecule has 196 valence electrons. The Balaban J connectivity index is 0.000000374. The third-order valence-corrected chi connectivity index (χ3v) is 6.41. The summed E-state index contributed by atoms with van der Waals surface area (Å²) >= 11 is 0. The molecule has 12 heteroatoms. The van der Waals surface area contributed by atoms with Crippen LogP contribution in [0.5, 0.6) is 11.5 Å². The molecule has 1 atom stereocenters. The Morgan fingerprint density at radius 3 is 2.37 bits per heavy atom. The standard InChI is InChI=1S/C24H20N4O3.C2HF3O2/c25-23-27-24(14-30-23)18-11-15(16-3-1-9-26-13-16)5-7-20(18)31-21-8-6-17(12-19(21)24)28-10-2-4-22(28)29;3-2(4,5)1(6)7/h1,3,5-9,11-13H,2,4,10,14H2,(H2,25,27);(H,6,7)/t24-;/m0./s1. The number of halogens is 3. The number of nitrogens with zero attached hydrogens (tertiary/aromatic N) is 3. The first-order valence-electron chi connectivity index (χ1n) is 11.5. The summed E-state index contributed by atoms with van der Waals surface area (Å²) < 4.78 is 43.7. The molecule has 2 aromatic carbocycles. The first-order valence-corrected chi connectivity index (χ1v) is 11.5. The van der Waals surface area contributed by atoms with Gasteiger partial charge in [0.2, 0.25) is 5.91 Å². The van der Waals surface area contributed by atoms with Gasteiger partial charge in [0.05, 0.1) is 0 Å². The lowest BCUT2D eigenvalue weighted by molar-refractivity contribution is -0.192. The van der Waals surface area contributed by atoms with Crippen LogP contribution in [0.3, 0.4) is 0 Å². The quantitative estimate of drug-likeness (QED) is 0.512. The van der Waals surface area contributed by atoms with Gasteiger partial charge in [-0.15, -0.1) is 0 Å². The average Bonchev–Trinajstić information content (AvgIpc) is 3.50. The number of fused-ring (bicyclic) bond motifs is 4. The Morgan fingerprint density at radius 1 is 1.08 bits per heavy atom. The Morgan fingerprint density at radius 2 is 1.79 bits per heavy atom. The third kappa shape index (κ3) is 4.49. The second-order valence-corrected chi connectivity index (χ2v) is 8.79. The van der Waals surface area contributed by atoms with Crippen molar-refractivity contribution in [2.75, 3.05) is 18.1 Å². The lowest BCUT2D eigenvalue weighted by Gasteiger charge is -2.34. The molecule has 1 aromatic heterocycles. The van der Waals surface area contributed by atoms with E-state index in [1.807, 2.05) is 53.6 Å². The number of carboxylic acids is 1. The minimum atomic E-state index is -5.08. The predicted molar refractivity (Wildman–Crippen MR) is 130 cm³/mol. The van der Waals surface area contributed by atoms with Crippen molar-refractivity contribution in [1.29, 1.82) is 0 Å². The molecule has 1 fully saturated rings. The van der Waals surface area contributed by atoms with E-state index in [-0.39, 0.29) is 18.5 Å². The molecule has 3 N–H and O–H groups in total. The molecule has 0 radical (unpaired) electrons. The van der Waals surface area contributed by atoms with E-state index in [0.29, 0.717) is 17.9 Å². The summed E-state index contributed by atoms with van der Waals surface area (Å²) in [6.07, 6.45) is -0.0705. The number of ether oxygens (including phenoxy) is 2. The van der Waals surface area contributed by atoms with Gasteiger partial charge in [-0.3, -0.25) is 9.78 Å². The summed E-state index contributed by atoms with van der Waals surface area (Å²) in [7, 11) is 0. The van der Waals surface area contributed by atoms with Crippen LogP contribution in [0.2, 0.25) is 0 Å². The third-order valence-electron chi connectivity index (χ3n) is 6.41. The number of hydrogen-bond acceptors (Lipinski definition) is 7. The number of carbonyl (C=O) groups is 2. The van der Waals surface area contributed by atoms with Gasteiger partial charge in [-0.25, -0.2) is 9.79 Å². The lowest BCUT2D eigenvalue weighted by atomic mass is 9.80. The minimum Gasteiger partial charge on any atom is -0.475 e. The molecule has 1 saturated heterocycles. The number of aliphatic imine (C=N–C) groups is 1. The number of hydrogen-bond donors (Lipinski definition) is 2. The highest BCUT2D eigenvalue weighted by atomic mass is 19.4. The second-order valence-electron chi connectivity index (χ2n) is 8.79. The van der Waals surface area contributed by atoms with Crippen LogP contribution in [0.1, 0.15) is 24.0 Å². The maximum absolute atomic E-state index is 12.3. The number of rotatable bonds is 2. The van der Waals surface area contributed by atoms with Crippen LogP contribution in [0, 0.1) is 0 Å². The molecule has 1 amide bonds. The molecule has 9 nitrogen and oxygen atoms in total. The van der Waals surface area contributed by atoms with Gasteiger partial charge < -0.3 is 25.2 Å². The van der Waals surface area contributed by atoms with Gasteiger partial charge in [-0.2, -0.15) is 13.2 Å². The van der Waals surface area contributed by atoms with Gasteiger partial charge in [-0.05, 0) is 48.4 Å². The molecule has 3 aromatic rings. The predicted octanol–water partition coefficient (Wildman–Crippen LogP) is 4.20. The van der Waals surface area contributed by atoms with E-state index in [4.69, 9.17) is 30.1 Å². The van der Waals surface area contributed by atoms with Crippen molar-refractivity contribution in [2.45, 2.75) is 24.6 Å². The van der Waals surface area contributed by atoms with E-state index < -0.39 is 17.7 Å². The Kier molecular flexibility index (Phi) is 6.17. The van der Waals surface area contributed by atoms with Gasteiger partial charge in [0.1, 0.15) is 18.1 Å². The second kappa shape index (κ2) is 9.36. The zero-order chi connectivity index (χ0) is 27.1. The smallest absolute Gasteiger partial charge is 0.475 e. The van der Waals surface area contributed by atoms with E-state index in [0.717, 1.165) is 40.9 Å². The lowest BCUT2D eigenvalue weighted by Crippen LogP contribution is -2.32. The topological polar surface area (TPSA) is 127 Å². The number of aliphatic carboxylic acids is 1. The highest BCUT2D eigenvalue weighted by Crippen LogP contribution is 2.52. The van der Waals surface area contributed by atoms with Crippen molar-refractivity contribution in [3.8, 4) is 22.6 Å². The van der Waals surface area contributed by atoms with Crippen molar-refractivity contribution in [1.82, 2.24) is 4.98 Å². The first-order chi connectivity index (χ1) is 18.1. The van der Waals surface area contributed by atoms with Crippen LogP contribution in [-0.2, 0) is 19.9 Å². The zero-order valence-electron chi connectivity index (χ0n) is 19.7. The van der Waals surface area contributed by atoms with E-state index in [1.54, 1.807) is 6.20 Å². The number of anilines is 1. The van der Waals surface area contributed by atoms with E-state index in [2.05, 4.69) is 11.1 Å². The molecule has 38 heavy (non-hydrogen) atoms. The number of aromatic nitrogens is 1. The van der Waals surface area contributed by atoms with Gasteiger partial charge in [-0.1, -0.05) is 12.1 Å². The van der Waals surface area contributed by atoms with Gasteiger partial charge >= 0.3 is 12.1 Å². The molecule has 3 aliphatic rings. The number of carboxylic acid groups (broad SMARTS) is 1. The number of alkyl halides is 3. The van der Waals surface area contributed by atoms with Crippen LogP contribution in [0.4, 0.5) is 18.9 Å². The number of nitrogens with two attached hydrogens (primary N) is 1. The summed E-state index contributed by atoms with van der Waals surface area (Å²) in [5.41, 5.74) is 9.75. The fourth-order valence-corrected chi connectivity index (χ4v) is 4.65. The largest absolute Gasteiger partial charge is 0.490 e. The van der Waals surface area contributed by atoms with Crippen molar-refractivity contribution in [2.24, 2.45) is 10.7 Å². The number of carbonyl (C=O) groups excluding carboxylic acids is 1. The average molecular weight is 526 g/mol. The van der Waals surface area contributed by atoms with Crippen LogP contribution in [-0.4, -0.2) is 47.3 Å². The maximum Gasteiger partial charge on any atom is 0.490 e. The molecule has 0 bridgehead atoms. The first kappa shape index (κ1) is 25.1. The van der Waals surface area contributed by atoms with Gasteiger partial charge in [0.25, 0.3) is 6.02 Å². The van der Waals surface area contributed by atoms with Crippen molar-refractivity contribution in [3.05, 3.63) is 72.1 Å². The number of amidine groups is 1. The number of amides is 1. The Bertz CT molecular complexity index is 1440. The summed E-state index contributed by atoms with van der Waals surface area (Å²) in [6, 6.07) is 15.9. The van der Waals surface area contributed by atoms with Gasteiger partial charge in [0.15, 0.2) is 5.54 Å². The SMILES string of the molecule is NC1=N[C@@]2(CO1)c1cc(-c3cccnc3)ccc1Oc1ccc(N3CCCC3=O)cc12.O=C(O)C(F)(F)F. The Hall–Kier alpha value is -4.61. The maximum atomic E-state index is 12.3. The number of pyridine rings is 1. The summed E-state index contributed by atoms with van der Waals surface area (Å²) in [5.74, 6) is -1.21. The molecular weight excluding hydrogens is 505 g/mol. The molecule has 0 aliphatic carbocycles. The summed E-state index contributed by atoms with van der Waals surface area (Å²) in [4.78, 5) is 32.0.